The second-order valence-corrected chi connectivity index (χ2v) is 10.3. The van der Waals surface area contributed by atoms with Gasteiger partial charge >= 0.3 is 6.18 Å². The van der Waals surface area contributed by atoms with E-state index < -0.39 is 23.0 Å². The van der Waals surface area contributed by atoms with Crippen molar-refractivity contribution in [3.8, 4) is 5.75 Å². The van der Waals surface area contributed by atoms with Gasteiger partial charge in [0, 0.05) is 56.1 Å². The molecule has 5 rings (SSSR count). The van der Waals surface area contributed by atoms with Crippen LogP contribution >= 0.6 is 0 Å². The summed E-state index contributed by atoms with van der Waals surface area (Å²) >= 11 is 0. The third-order valence-corrected chi connectivity index (χ3v) is 7.25. The van der Waals surface area contributed by atoms with Gasteiger partial charge < -0.3 is 25.6 Å². The highest BCUT2D eigenvalue weighted by Crippen LogP contribution is 2.41. The van der Waals surface area contributed by atoms with E-state index in [0.29, 0.717) is 48.6 Å². The number of anilines is 5. The average Bonchev–Trinajstić information content (AvgIpc) is 3.15. The predicted molar refractivity (Wildman–Crippen MR) is 145 cm³/mol. The number of benzene rings is 2. The minimum absolute atomic E-state index is 0.0114. The number of nitrogens with zero attached hydrogens (tertiary/aromatic N) is 3. The number of hydrogen-bond acceptors (Lipinski definition) is 8. The summed E-state index contributed by atoms with van der Waals surface area (Å²) in [5.74, 6) is 0.0579. The molecule has 210 valence electrons. The fraction of sp³-hybridized carbons (Fsp3) is 0.357. The smallest absolute Gasteiger partial charge is 0.421 e. The van der Waals surface area contributed by atoms with Crippen molar-refractivity contribution in [1.82, 2.24) is 9.97 Å². The molecule has 2 aromatic carbocycles. The molecule has 3 N–H and O–H groups in total. The highest BCUT2D eigenvalue weighted by atomic mass is 19.4. The Balaban J connectivity index is 1.40. The quantitative estimate of drug-likeness (QED) is 0.363. The summed E-state index contributed by atoms with van der Waals surface area (Å²) in [6, 6.07) is 10.7. The number of carbonyl (C=O) groups excluding carboxylic acids is 2. The van der Waals surface area contributed by atoms with E-state index in [9.17, 15) is 22.8 Å². The number of Topliss-reactive ketones (excluding diaryl/α,β-unsaturated/α-hetero) is 1. The second kappa shape index (κ2) is 10.3. The Morgan fingerprint density at radius 2 is 1.88 bits per heavy atom. The first-order valence-electron chi connectivity index (χ1n) is 12.8. The van der Waals surface area contributed by atoms with Gasteiger partial charge in [-0.3, -0.25) is 9.59 Å². The van der Waals surface area contributed by atoms with Crippen molar-refractivity contribution in [3.05, 3.63) is 59.3 Å². The number of ketones is 1. The van der Waals surface area contributed by atoms with Gasteiger partial charge in [-0.25, -0.2) is 4.98 Å². The molecule has 12 heteroatoms. The molecule has 0 spiro atoms. The first-order chi connectivity index (χ1) is 19.0. The van der Waals surface area contributed by atoms with E-state index in [1.165, 1.54) is 7.11 Å². The number of piperidine rings is 1. The lowest BCUT2D eigenvalue weighted by Crippen LogP contribution is -2.33. The molecule has 1 aromatic heterocycles. The van der Waals surface area contributed by atoms with Crippen molar-refractivity contribution < 1.29 is 27.5 Å². The standard InChI is InChI=1S/C28H29F3N6O3/c1-27(2)23-16(5-4-6-21(23)34-25(27)39)14-32-24-19(28(29,30)31)15-33-26(36-24)35-20-8-7-17(13-22(20)40-3)37-11-9-18(38)10-12-37/h4-8,13,15H,9-12,14H2,1-3H3,(H,34,39)(H2,32,33,35,36). The van der Waals surface area contributed by atoms with Crippen LogP contribution in [0.3, 0.4) is 0 Å². The van der Waals surface area contributed by atoms with Crippen LogP contribution in [-0.4, -0.2) is 41.9 Å². The van der Waals surface area contributed by atoms with Crippen molar-refractivity contribution >= 4 is 40.5 Å². The summed E-state index contributed by atoms with van der Waals surface area (Å²) in [5, 5.41) is 8.59. The van der Waals surface area contributed by atoms with E-state index in [-0.39, 0.29) is 24.2 Å². The molecule has 0 atom stereocenters. The van der Waals surface area contributed by atoms with Crippen LogP contribution in [0.5, 0.6) is 5.75 Å². The summed E-state index contributed by atoms with van der Waals surface area (Å²) in [5.41, 5.74) is 1.55. The molecule has 2 aliphatic rings. The summed E-state index contributed by atoms with van der Waals surface area (Å²) in [7, 11) is 1.49. The molecule has 1 saturated heterocycles. The number of alkyl halides is 3. The van der Waals surface area contributed by atoms with Crippen molar-refractivity contribution in [2.24, 2.45) is 0 Å². The molecule has 0 unspecified atom stereocenters. The Labute approximate surface area is 229 Å². The van der Waals surface area contributed by atoms with Gasteiger partial charge in [0.1, 0.15) is 22.9 Å². The van der Waals surface area contributed by atoms with Gasteiger partial charge in [-0.2, -0.15) is 18.2 Å². The molecule has 3 heterocycles. The maximum atomic E-state index is 13.9. The molecule has 2 aliphatic heterocycles. The SMILES string of the molecule is COc1cc(N2CCC(=O)CC2)ccc1Nc1ncc(C(F)(F)F)c(NCc2cccc3c2C(C)(C)C(=O)N3)n1. The Morgan fingerprint density at radius 1 is 1.12 bits per heavy atom. The number of halogens is 3. The molecular formula is C28H29F3N6O3. The maximum absolute atomic E-state index is 13.9. The number of ether oxygens (including phenoxy) is 1. The third-order valence-electron chi connectivity index (χ3n) is 7.25. The lowest BCUT2D eigenvalue weighted by molar-refractivity contribution is -0.137. The van der Waals surface area contributed by atoms with Crippen LogP contribution < -0.4 is 25.6 Å². The molecular weight excluding hydrogens is 525 g/mol. The van der Waals surface area contributed by atoms with E-state index >= 15 is 0 Å². The van der Waals surface area contributed by atoms with Gasteiger partial charge in [-0.05, 0) is 43.2 Å². The molecule has 0 aliphatic carbocycles. The van der Waals surface area contributed by atoms with E-state index in [0.717, 1.165) is 17.4 Å². The highest BCUT2D eigenvalue weighted by Gasteiger charge is 2.40. The zero-order valence-electron chi connectivity index (χ0n) is 22.3. The summed E-state index contributed by atoms with van der Waals surface area (Å²) in [4.78, 5) is 34.1. The van der Waals surface area contributed by atoms with E-state index in [1.807, 2.05) is 6.07 Å². The normalized spacial score (nSPS) is 16.4. The molecule has 1 fully saturated rings. The molecule has 0 saturated carbocycles. The lowest BCUT2D eigenvalue weighted by Gasteiger charge is -2.28. The van der Waals surface area contributed by atoms with Crippen LogP contribution in [0.25, 0.3) is 0 Å². The first kappa shape index (κ1) is 27.2. The predicted octanol–water partition coefficient (Wildman–Crippen LogP) is 5.26. The van der Waals surface area contributed by atoms with Crippen LogP contribution in [0.15, 0.2) is 42.6 Å². The molecule has 0 radical (unpaired) electrons. The zero-order valence-corrected chi connectivity index (χ0v) is 22.3. The number of aromatic nitrogens is 2. The Bertz CT molecular complexity index is 1460. The first-order valence-corrected chi connectivity index (χ1v) is 12.8. The molecule has 0 bridgehead atoms. The Hall–Kier alpha value is -4.35. The van der Waals surface area contributed by atoms with Crippen LogP contribution in [0, 0.1) is 0 Å². The number of fused-ring (bicyclic) bond motifs is 1. The number of carbonyl (C=O) groups is 2. The molecule has 9 nitrogen and oxygen atoms in total. The summed E-state index contributed by atoms with van der Waals surface area (Å²) in [6.45, 7) is 4.77. The van der Waals surface area contributed by atoms with Gasteiger partial charge in [-0.15, -0.1) is 0 Å². The number of nitrogens with one attached hydrogen (secondary N) is 3. The fourth-order valence-electron chi connectivity index (χ4n) is 5.06. The summed E-state index contributed by atoms with van der Waals surface area (Å²) < 4.78 is 47.1. The van der Waals surface area contributed by atoms with Gasteiger partial charge in [0.05, 0.1) is 18.2 Å². The lowest BCUT2D eigenvalue weighted by atomic mass is 9.83. The number of hydrogen-bond donors (Lipinski definition) is 3. The van der Waals surface area contributed by atoms with Crippen LogP contribution in [0.1, 0.15) is 43.4 Å². The fourth-order valence-corrected chi connectivity index (χ4v) is 5.06. The highest BCUT2D eigenvalue weighted by molar-refractivity contribution is 6.06. The van der Waals surface area contributed by atoms with Crippen molar-refractivity contribution in [2.75, 3.05) is 41.0 Å². The summed E-state index contributed by atoms with van der Waals surface area (Å²) in [6.07, 6.45) is -3.00. The minimum Gasteiger partial charge on any atom is -0.494 e. The van der Waals surface area contributed by atoms with Gasteiger partial charge in [0.15, 0.2) is 0 Å². The van der Waals surface area contributed by atoms with Crippen LogP contribution in [-0.2, 0) is 27.7 Å². The van der Waals surface area contributed by atoms with E-state index in [1.54, 1.807) is 44.2 Å². The van der Waals surface area contributed by atoms with Gasteiger partial charge in [-0.1, -0.05) is 12.1 Å². The Morgan fingerprint density at radius 3 is 2.58 bits per heavy atom. The maximum Gasteiger partial charge on any atom is 0.421 e. The molecule has 1 amide bonds. The third kappa shape index (κ3) is 5.25. The topological polar surface area (TPSA) is 108 Å². The molecule has 3 aromatic rings. The van der Waals surface area contributed by atoms with Gasteiger partial charge in [0.25, 0.3) is 0 Å². The van der Waals surface area contributed by atoms with Crippen LogP contribution in [0.4, 0.5) is 42.0 Å². The minimum atomic E-state index is -4.69. The number of amides is 1. The molecule has 40 heavy (non-hydrogen) atoms. The Kier molecular flexibility index (Phi) is 7.03. The number of rotatable bonds is 7. The van der Waals surface area contributed by atoms with Crippen molar-refractivity contribution in [3.63, 3.8) is 0 Å². The van der Waals surface area contributed by atoms with E-state index in [2.05, 4.69) is 30.8 Å². The average molecular weight is 555 g/mol. The van der Waals surface area contributed by atoms with Gasteiger partial charge in [0.2, 0.25) is 11.9 Å². The zero-order chi connectivity index (χ0) is 28.7. The van der Waals surface area contributed by atoms with E-state index in [4.69, 9.17) is 4.74 Å². The van der Waals surface area contributed by atoms with Crippen molar-refractivity contribution in [1.29, 1.82) is 0 Å². The largest absolute Gasteiger partial charge is 0.494 e. The van der Waals surface area contributed by atoms with Crippen LogP contribution in [0.2, 0.25) is 0 Å². The monoisotopic (exact) mass is 554 g/mol. The second-order valence-electron chi connectivity index (χ2n) is 10.3. The van der Waals surface area contributed by atoms with Crippen molar-refractivity contribution in [2.45, 2.75) is 44.8 Å². The number of methoxy groups -OCH3 is 1.